The molecule has 0 spiro atoms. The van der Waals surface area contributed by atoms with E-state index in [2.05, 4.69) is 25.7 Å². The third-order valence-electron chi connectivity index (χ3n) is 3.76. The molecule has 23 heavy (non-hydrogen) atoms. The van der Waals surface area contributed by atoms with Gasteiger partial charge in [-0.3, -0.25) is 9.89 Å². The molecular weight excluding hydrogens is 290 g/mol. The lowest BCUT2D eigenvalue weighted by atomic mass is 10.1. The van der Waals surface area contributed by atoms with E-state index in [1.807, 2.05) is 45.0 Å². The molecule has 1 aromatic carbocycles. The highest BCUT2D eigenvalue weighted by Crippen LogP contribution is 2.19. The first kappa shape index (κ1) is 15.0. The second-order valence-corrected chi connectivity index (χ2v) is 5.77. The zero-order valence-electron chi connectivity index (χ0n) is 13.3. The van der Waals surface area contributed by atoms with E-state index >= 15 is 0 Å². The Morgan fingerprint density at radius 2 is 2.13 bits per heavy atom. The molecule has 0 fully saturated rings. The van der Waals surface area contributed by atoms with Gasteiger partial charge in [-0.2, -0.15) is 10.2 Å². The monoisotopic (exact) mass is 309 g/mol. The summed E-state index contributed by atoms with van der Waals surface area (Å²) in [5.41, 5.74) is 6.79. The lowest BCUT2D eigenvalue weighted by molar-refractivity contribution is 0.0950. The maximum Gasteiger partial charge on any atom is 0.291 e. The predicted octanol–water partition coefficient (Wildman–Crippen LogP) is 3.09. The Labute approximate surface area is 134 Å². The fraction of sp³-hybridized carbons (Fsp3) is 0.235. The number of aryl methyl sites for hydroxylation is 1. The predicted molar refractivity (Wildman–Crippen MR) is 90.8 cm³/mol. The van der Waals surface area contributed by atoms with Crippen molar-refractivity contribution in [2.24, 2.45) is 5.10 Å². The van der Waals surface area contributed by atoms with Gasteiger partial charge in [-0.05, 0) is 25.0 Å². The molecule has 2 heterocycles. The average Bonchev–Trinajstić information content (AvgIpc) is 3.12. The van der Waals surface area contributed by atoms with E-state index in [0.29, 0.717) is 11.6 Å². The second-order valence-electron chi connectivity index (χ2n) is 5.77. The fourth-order valence-corrected chi connectivity index (χ4v) is 2.43. The quantitative estimate of drug-likeness (QED) is 0.511. The molecule has 0 radical (unpaired) electrons. The molecule has 3 aromatic rings. The molecule has 118 valence electrons. The summed E-state index contributed by atoms with van der Waals surface area (Å²) >= 11 is 0. The van der Waals surface area contributed by atoms with Crippen LogP contribution >= 0.6 is 0 Å². The third-order valence-corrected chi connectivity index (χ3v) is 3.76. The van der Waals surface area contributed by atoms with Gasteiger partial charge in [-0.25, -0.2) is 5.43 Å². The summed E-state index contributed by atoms with van der Waals surface area (Å²) in [7, 11) is 0. The number of hydrogen-bond donors (Lipinski definition) is 3. The van der Waals surface area contributed by atoms with Gasteiger partial charge in [0.1, 0.15) is 0 Å². The minimum absolute atomic E-state index is 0.293. The number of hydrazone groups is 1. The zero-order valence-corrected chi connectivity index (χ0v) is 13.3. The fourth-order valence-electron chi connectivity index (χ4n) is 2.43. The van der Waals surface area contributed by atoms with Crippen molar-refractivity contribution in [2.45, 2.75) is 26.7 Å². The number of para-hydroxylation sites is 1. The van der Waals surface area contributed by atoms with E-state index in [4.69, 9.17) is 0 Å². The van der Waals surface area contributed by atoms with Gasteiger partial charge >= 0.3 is 0 Å². The van der Waals surface area contributed by atoms with E-state index in [1.54, 1.807) is 12.3 Å². The average molecular weight is 309 g/mol. The standard InChI is InChI=1S/C17H19N5O/c1-10(2)15-8-16(21-20-15)17(23)22-18-9-13-11(3)19-14-7-5-4-6-12(13)14/h4-10,19H,1-3H3,(H,20,21)(H,22,23). The van der Waals surface area contributed by atoms with Gasteiger partial charge in [0, 0.05) is 27.9 Å². The summed E-state index contributed by atoms with van der Waals surface area (Å²) in [6.07, 6.45) is 1.65. The summed E-state index contributed by atoms with van der Waals surface area (Å²) in [6.45, 7) is 6.05. The molecule has 0 aliphatic carbocycles. The number of hydrogen-bond acceptors (Lipinski definition) is 3. The highest BCUT2D eigenvalue weighted by Gasteiger charge is 2.11. The maximum atomic E-state index is 12.0. The van der Waals surface area contributed by atoms with Crippen molar-refractivity contribution < 1.29 is 4.79 Å². The first-order chi connectivity index (χ1) is 11.1. The Balaban J connectivity index is 1.75. The number of aromatic amines is 2. The molecule has 0 atom stereocenters. The summed E-state index contributed by atoms with van der Waals surface area (Å²) < 4.78 is 0. The molecule has 0 saturated heterocycles. The van der Waals surface area contributed by atoms with E-state index in [-0.39, 0.29) is 5.91 Å². The normalized spacial score (nSPS) is 11.7. The summed E-state index contributed by atoms with van der Waals surface area (Å²) in [5, 5.41) is 12.0. The van der Waals surface area contributed by atoms with Crippen LogP contribution in [0.2, 0.25) is 0 Å². The molecule has 0 aliphatic heterocycles. The number of nitrogens with one attached hydrogen (secondary N) is 3. The van der Waals surface area contributed by atoms with Crippen LogP contribution < -0.4 is 5.43 Å². The molecule has 2 aromatic heterocycles. The Bertz CT molecular complexity index is 872. The van der Waals surface area contributed by atoms with Crippen LogP contribution in [0.5, 0.6) is 0 Å². The molecule has 0 bridgehead atoms. The lowest BCUT2D eigenvalue weighted by Crippen LogP contribution is -2.18. The molecule has 6 nitrogen and oxygen atoms in total. The zero-order chi connectivity index (χ0) is 16.4. The van der Waals surface area contributed by atoms with Gasteiger partial charge in [-0.15, -0.1) is 0 Å². The Hall–Kier alpha value is -2.89. The van der Waals surface area contributed by atoms with Crippen molar-refractivity contribution in [3.8, 4) is 0 Å². The molecule has 6 heteroatoms. The van der Waals surface area contributed by atoms with E-state index in [0.717, 1.165) is 27.9 Å². The molecule has 3 N–H and O–H groups in total. The van der Waals surface area contributed by atoms with E-state index < -0.39 is 0 Å². The number of nitrogens with zero attached hydrogens (tertiary/aromatic N) is 2. The highest BCUT2D eigenvalue weighted by molar-refractivity contribution is 6.01. The summed E-state index contributed by atoms with van der Waals surface area (Å²) in [5.74, 6) is -0.0386. The number of aromatic nitrogens is 3. The lowest BCUT2D eigenvalue weighted by Gasteiger charge is -1.97. The molecule has 0 aliphatic rings. The van der Waals surface area contributed by atoms with Crippen LogP contribution in [0.1, 0.15) is 47.2 Å². The van der Waals surface area contributed by atoms with Gasteiger partial charge < -0.3 is 4.98 Å². The van der Waals surface area contributed by atoms with Crippen LogP contribution in [-0.4, -0.2) is 27.3 Å². The highest BCUT2D eigenvalue weighted by atomic mass is 16.2. The number of carbonyl (C=O) groups is 1. The largest absolute Gasteiger partial charge is 0.358 e. The van der Waals surface area contributed by atoms with Crippen molar-refractivity contribution in [3.05, 3.63) is 53.0 Å². The van der Waals surface area contributed by atoms with Gasteiger partial charge in [0.25, 0.3) is 5.91 Å². The molecule has 3 rings (SSSR count). The van der Waals surface area contributed by atoms with Crippen LogP contribution in [-0.2, 0) is 0 Å². The second kappa shape index (κ2) is 6.08. The van der Waals surface area contributed by atoms with Crippen LogP contribution in [0.3, 0.4) is 0 Å². The number of H-pyrrole nitrogens is 2. The van der Waals surface area contributed by atoms with Crippen molar-refractivity contribution in [1.29, 1.82) is 0 Å². The summed E-state index contributed by atoms with van der Waals surface area (Å²) in [4.78, 5) is 15.3. The third kappa shape index (κ3) is 3.01. The smallest absolute Gasteiger partial charge is 0.291 e. The van der Waals surface area contributed by atoms with Gasteiger partial charge in [-0.1, -0.05) is 32.0 Å². The van der Waals surface area contributed by atoms with Crippen molar-refractivity contribution in [2.75, 3.05) is 0 Å². The van der Waals surface area contributed by atoms with E-state index in [1.165, 1.54) is 0 Å². The number of rotatable bonds is 4. The Kier molecular flexibility index (Phi) is 3.97. The van der Waals surface area contributed by atoms with E-state index in [9.17, 15) is 4.79 Å². The molecule has 0 unspecified atom stereocenters. The SMILES string of the molecule is Cc1[nH]c2ccccc2c1C=NNC(=O)c1cc(C(C)C)[nH]n1. The maximum absolute atomic E-state index is 12.0. The number of amides is 1. The van der Waals surface area contributed by atoms with Crippen molar-refractivity contribution >= 4 is 23.0 Å². The first-order valence-corrected chi connectivity index (χ1v) is 7.52. The summed E-state index contributed by atoms with van der Waals surface area (Å²) in [6, 6.07) is 9.72. The minimum atomic E-state index is -0.332. The molecular formula is C17H19N5O. The molecule has 0 saturated carbocycles. The van der Waals surface area contributed by atoms with Gasteiger partial charge in [0.05, 0.1) is 6.21 Å². The first-order valence-electron chi connectivity index (χ1n) is 7.52. The number of benzene rings is 1. The van der Waals surface area contributed by atoms with Crippen molar-refractivity contribution in [1.82, 2.24) is 20.6 Å². The molecule has 1 amide bonds. The number of carbonyl (C=O) groups excluding carboxylic acids is 1. The van der Waals surface area contributed by atoms with Gasteiger partial charge in [0.2, 0.25) is 0 Å². The van der Waals surface area contributed by atoms with Crippen molar-refractivity contribution in [3.63, 3.8) is 0 Å². The van der Waals surface area contributed by atoms with Gasteiger partial charge in [0.15, 0.2) is 5.69 Å². The van der Waals surface area contributed by atoms with Crippen LogP contribution in [0, 0.1) is 6.92 Å². The van der Waals surface area contributed by atoms with Crippen LogP contribution in [0.15, 0.2) is 35.4 Å². The van der Waals surface area contributed by atoms with Crippen LogP contribution in [0.4, 0.5) is 0 Å². The topological polar surface area (TPSA) is 85.9 Å². The number of fused-ring (bicyclic) bond motifs is 1. The van der Waals surface area contributed by atoms with Crippen LogP contribution in [0.25, 0.3) is 10.9 Å². The Morgan fingerprint density at radius 3 is 2.87 bits per heavy atom. The Morgan fingerprint density at radius 1 is 1.35 bits per heavy atom. The minimum Gasteiger partial charge on any atom is -0.358 e.